The van der Waals surface area contributed by atoms with Crippen LogP contribution in [0.3, 0.4) is 0 Å². The summed E-state index contributed by atoms with van der Waals surface area (Å²) in [6.07, 6.45) is 1.19. The fraction of sp³-hybridized carbons (Fsp3) is 0.500. The molecule has 20 heavy (non-hydrogen) atoms. The lowest BCUT2D eigenvalue weighted by atomic mass is 10.1. The van der Waals surface area contributed by atoms with Gasteiger partial charge < -0.3 is 10.2 Å². The number of anilines is 1. The van der Waals surface area contributed by atoms with E-state index in [0.717, 1.165) is 17.7 Å². The molecule has 2 rings (SSSR count). The summed E-state index contributed by atoms with van der Waals surface area (Å²) < 4.78 is 0. The van der Waals surface area contributed by atoms with Gasteiger partial charge in [0.25, 0.3) is 0 Å². The molecule has 2 amide bonds. The molecule has 1 aromatic carbocycles. The van der Waals surface area contributed by atoms with Crippen LogP contribution in [0, 0.1) is 5.92 Å². The first-order chi connectivity index (χ1) is 9.52. The lowest BCUT2D eigenvalue weighted by Crippen LogP contribution is -2.33. The van der Waals surface area contributed by atoms with Crippen LogP contribution < -0.4 is 5.32 Å². The van der Waals surface area contributed by atoms with E-state index in [1.54, 1.807) is 4.90 Å². The number of nitrogens with one attached hydrogen (secondary N) is 1. The Hall–Kier alpha value is -1.84. The minimum absolute atomic E-state index is 0.0533. The first-order valence-electron chi connectivity index (χ1n) is 7.21. The first kappa shape index (κ1) is 14.6. The second-order valence-electron chi connectivity index (χ2n) is 5.54. The summed E-state index contributed by atoms with van der Waals surface area (Å²) in [5, 5.41) is 2.97. The van der Waals surface area contributed by atoms with Crippen molar-refractivity contribution < 1.29 is 9.59 Å². The van der Waals surface area contributed by atoms with Gasteiger partial charge in [0.1, 0.15) is 0 Å². The Balaban J connectivity index is 2.04. The van der Waals surface area contributed by atoms with Gasteiger partial charge in [0.15, 0.2) is 0 Å². The molecular formula is C16H22N2O2. The van der Waals surface area contributed by atoms with E-state index in [4.69, 9.17) is 0 Å². The average molecular weight is 274 g/mol. The van der Waals surface area contributed by atoms with E-state index in [2.05, 4.69) is 12.2 Å². The maximum Gasteiger partial charge on any atom is 0.229 e. The van der Waals surface area contributed by atoms with Crippen LogP contribution in [0.5, 0.6) is 0 Å². The number of para-hydroxylation sites is 1. The Labute approximate surface area is 120 Å². The molecule has 0 bridgehead atoms. The van der Waals surface area contributed by atoms with Gasteiger partial charge in [0, 0.05) is 24.7 Å². The number of carbonyl (C=O) groups is 2. The van der Waals surface area contributed by atoms with Crippen LogP contribution >= 0.6 is 0 Å². The molecule has 0 unspecified atom stereocenters. The SMILES string of the molecule is CCc1ccccc1NC(=O)[C@H]1CC(=O)N(C(C)C)C1. The number of hydrogen-bond acceptors (Lipinski definition) is 2. The predicted molar refractivity (Wildman–Crippen MR) is 79.4 cm³/mol. The highest BCUT2D eigenvalue weighted by molar-refractivity contribution is 5.97. The first-order valence-corrected chi connectivity index (χ1v) is 7.21. The average Bonchev–Trinajstić information content (AvgIpc) is 2.81. The molecule has 0 aliphatic carbocycles. The highest BCUT2D eigenvalue weighted by Crippen LogP contribution is 2.23. The number of rotatable bonds is 4. The molecule has 108 valence electrons. The van der Waals surface area contributed by atoms with E-state index in [0.29, 0.717) is 13.0 Å². The number of carbonyl (C=O) groups excluding carboxylic acids is 2. The molecule has 1 atom stereocenters. The molecule has 0 spiro atoms. The van der Waals surface area contributed by atoms with Crippen LogP contribution in [-0.4, -0.2) is 29.3 Å². The van der Waals surface area contributed by atoms with Gasteiger partial charge >= 0.3 is 0 Å². The van der Waals surface area contributed by atoms with Gasteiger partial charge in [-0.15, -0.1) is 0 Å². The highest BCUT2D eigenvalue weighted by atomic mass is 16.2. The van der Waals surface area contributed by atoms with Gasteiger partial charge in [0.05, 0.1) is 5.92 Å². The van der Waals surface area contributed by atoms with Gasteiger partial charge in [-0.2, -0.15) is 0 Å². The van der Waals surface area contributed by atoms with Crippen LogP contribution in [0.2, 0.25) is 0 Å². The van der Waals surface area contributed by atoms with Crippen molar-refractivity contribution in [3.8, 4) is 0 Å². The van der Waals surface area contributed by atoms with Gasteiger partial charge in [0.2, 0.25) is 11.8 Å². The Morgan fingerprint density at radius 2 is 2.10 bits per heavy atom. The summed E-state index contributed by atoms with van der Waals surface area (Å²) in [6.45, 7) is 6.54. The Morgan fingerprint density at radius 1 is 1.40 bits per heavy atom. The molecule has 1 N–H and O–H groups in total. The lowest BCUT2D eigenvalue weighted by molar-refractivity contribution is -0.129. The molecule has 4 nitrogen and oxygen atoms in total. The maximum atomic E-state index is 12.3. The van der Waals surface area contributed by atoms with E-state index in [9.17, 15) is 9.59 Å². The lowest BCUT2D eigenvalue weighted by Gasteiger charge is -2.20. The van der Waals surface area contributed by atoms with Crippen molar-refractivity contribution in [2.75, 3.05) is 11.9 Å². The highest BCUT2D eigenvalue weighted by Gasteiger charge is 2.35. The summed E-state index contributed by atoms with van der Waals surface area (Å²) in [7, 11) is 0. The van der Waals surface area contributed by atoms with E-state index in [1.807, 2.05) is 38.1 Å². The summed E-state index contributed by atoms with van der Waals surface area (Å²) in [4.78, 5) is 25.9. The third-order valence-electron chi connectivity index (χ3n) is 3.81. The minimum atomic E-state index is -0.241. The molecular weight excluding hydrogens is 252 g/mol. The molecule has 1 heterocycles. The topological polar surface area (TPSA) is 49.4 Å². The van der Waals surface area contributed by atoms with Crippen molar-refractivity contribution in [2.45, 2.75) is 39.7 Å². The van der Waals surface area contributed by atoms with Gasteiger partial charge in [-0.25, -0.2) is 0 Å². The number of aryl methyl sites for hydroxylation is 1. The summed E-state index contributed by atoms with van der Waals surface area (Å²) in [5.41, 5.74) is 1.97. The minimum Gasteiger partial charge on any atom is -0.339 e. The third kappa shape index (κ3) is 3.00. The number of amides is 2. The smallest absolute Gasteiger partial charge is 0.229 e. The zero-order valence-corrected chi connectivity index (χ0v) is 12.3. The molecule has 1 aliphatic heterocycles. The van der Waals surface area contributed by atoms with Crippen molar-refractivity contribution in [2.24, 2.45) is 5.92 Å². The molecule has 1 saturated heterocycles. The largest absolute Gasteiger partial charge is 0.339 e. The van der Waals surface area contributed by atoms with Gasteiger partial charge in [-0.3, -0.25) is 9.59 Å². The van der Waals surface area contributed by atoms with Gasteiger partial charge in [-0.05, 0) is 31.9 Å². The standard InChI is InChI=1S/C16H22N2O2/c1-4-12-7-5-6-8-14(12)17-16(20)13-9-15(19)18(10-13)11(2)3/h5-8,11,13H,4,9-10H2,1-3H3,(H,17,20)/t13-/m0/s1. The van der Waals surface area contributed by atoms with E-state index >= 15 is 0 Å². The van der Waals surface area contributed by atoms with Crippen molar-refractivity contribution in [1.82, 2.24) is 4.90 Å². The number of nitrogens with zero attached hydrogens (tertiary/aromatic N) is 1. The quantitative estimate of drug-likeness (QED) is 0.916. The Kier molecular flexibility index (Phi) is 4.42. The second-order valence-corrected chi connectivity index (χ2v) is 5.54. The Bertz CT molecular complexity index is 511. The summed E-state index contributed by atoms with van der Waals surface area (Å²) >= 11 is 0. The molecule has 0 saturated carbocycles. The second kappa shape index (κ2) is 6.07. The third-order valence-corrected chi connectivity index (χ3v) is 3.81. The van der Waals surface area contributed by atoms with Crippen LogP contribution in [0.1, 0.15) is 32.8 Å². The molecule has 1 fully saturated rings. The molecule has 1 aromatic rings. The van der Waals surface area contributed by atoms with Crippen LogP contribution in [-0.2, 0) is 16.0 Å². The molecule has 0 radical (unpaired) electrons. The summed E-state index contributed by atoms with van der Waals surface area (Å²) in [6, 6.07) is 7.95. The predicted octanol–water partition coefficient (Wildman–Crippen LogP) is 2.44. The van der Waals surface area contributed by atoms with Crippen molar-refractivity contribution >= 4 is 17.5 Å². The van der Waals surface area contributed by atoms with Gasteiger partial charge in [-0.1, -0.05) is 25.1 Å². The van der Waals surface area contributed by atoms with E-state index in [1.165, 1.54) is 0 Å². The molecule has 4 heteroatoms. The molecule has 0 aromatic heterocycles. The fourth-order valence-electron chi connectivity index (χ4n) is 2.59. The monoisotopic (exact) mass is 274 g/mol. The zero-order chi connectivity index (χ0) is 14.7. The number of likely N-dealkylation sites (tertiary alicyclic amines) is 1. The van der Waals surface area contributed by atoms with Crippen LogP contribution in [0.15, 0.2) is 24.3 Å². The van der Waals surface area contributed by atoms with Crippen molar-refractivity contribution in [3.05, 3.63) is 29.8 Å². The Morgan fingerprint density at radius 3 is 2.70 bits per heavy atom. The zero-order valence-electron chi connectivity index (χ0n) is 12.3. The normalized spacial score (nSPS) is 18.7. The van der Waals surface area contributed by atoms with E-state index in [-0.39, 0.29) is 23.8 Å². The number of hydrogen-bond donors (Lipinski definition) is 1. The number of benzene rings is 1. The fourth-order valence-corrected chi connectivity index (χ4v) is 2.59. The van der Waals surface area contributed by atoms with E-state index < -0.39 is 0 Å². The van der Waals surface area contributed by atoms with Crippen LogP contribution in [0.4, 0.5) is 5.69 Å². The maximum absolute atomic E-state index is 12.3. The van der Waals surface area contributed by atoms with Crippen molar-refractivity contribution in [3.63, 3.8) is 0 Å². The summed E-state index contributed by atoms with van der Waals surface area (Å²) in [5.74, 6) is -0.221. The molecule has 1 aliphatic rings. The van der Waals surface area contributed by atoms with Crippen LogP contribution in [0.25, 0.3) is 0 Å². The van der Waals surface area contributed by atoms with Crippen molar-refractivity contribution in [1.29, 1.82) is 0 Å².